The number of aromatic nitrogens is 1. The minimum atomic E-state index is 0.129. The van der Waals surface area contributed by atoms with E-state index < -0.39 is 0 Å². The van der Waals surface area contributed by atoms with E-state index in [1.807, 2.05) is 43.6 Å². The number of hydrogen-bond donors (Lipinski definition) is 0. The second kappa shape index (κ2) is 6.03. The molecule has 0 fully saturated rings. The van der Waals surface area contributed by atoms with E-state index in [-0.39, 0.29) is 5.57 Å². The summed E-state index contributed by atoms with van der Waals surface area (Å²) in [6.45, 7) is 0. The summed E-state index contributed by atoms with van der Waals surface area (Å²) >= 11 is 3.33. The van der Waals surface area contributed by atoms with Gasteiger partial charge in [-0.1, -0.05) is 0 Å². The van der Waals surface area contributed by atoms with Crippen molar-refractivity contribution in [2.75, 3.05) is 0 Å². The smallest absolute Gasteiger partial charge is 0.131 e. The molecule has 3 heterocycles. The first-order valence-corrected chi connectivity index (χ1v) is 8.18. The molecule has 0 atom stereocenters. The third-order valence-corrected chi connectivity index (χ3v) is 5.54. The molecule has 0 N–H and O–H groups in total. The zero-order chi connectivity index (χ0) is 15.5. The van der Waals surface area contributed by atoms with Crippen molar-refractivity contribution in [1.29, 1.82) is 10.5 Å². The van der Waals surface area contributed by atoms with E-state index in [4.69, 9.17) is 10.5 Å². The van der Waals surface area contributed by atoms with E-state index in [9.17, 15) is 0 Å². The Morgan fingerprint density at radius 3 is 2.36 bits per heavy atom. The van der Waals surface area contributed by atoms with Crippen LogP contribution in [0.15, 0.2) is 48.2 Å². The van der Waals surface area contributed by atoms with E-state index >= 15 is 0 Å². The van der Waals surface area contributed by atoms with Crippen LogP contribution >= 0.6 is 22.7 Å². The third-order valence-electron chi connectivity index (χ3n) is 3.20. The molecule has 0 spiro atoms. The number of thiophene rings is 2. The maximum Gasteiger partial charge on any atom is 0.131 e. The van der Waals surface area contributed by atoms with Crippen molar-refractivity contribution in [2.24, 2.45) is 7.05 Å². The van der Waals surface area contributed by atoms with Gasteiger partial charge in [-0.3, -0.25) is 0 Å². The van der Waals surface area contributed by atoms with E-state index in [0.717, 1.165) is 9.75 Å². The van der Waals surface area contributed by atoms with Crippen LogP contribution in [0.4, 0.5) is 0 Å². The zero-order valence-electron chi connectivity index (χ0n) is 11.8. The van der Waals surface area contributed by atoms with E-state index in [1.54, 1.807) is 28.7 Å². The van der Waals surface area contributed by atoms with Crippen molar-refractivity contribution in [3.8, 4) is 32.5 Å². The number of nitriles is 2. The molecule has 0 aliphatic rings. The first-order chi connectivity index (χ1) is 10.7. The van der Waals surface area contributed by atoms with Crippen LogP contribution in [0.5, 0.6) is 0 Å². The molecular weight excluding hydrogens is 310 g/mol. The Morgan fingerprint density at radius 1 is 1.00 bits per heavy atom. The van der Waals surface area contributed by atoms with Gasteiger partial charge in [0.25, 0.3) is 0 Å². The van der Waals surface area contributed by atoms with Crippen LogP contribution in [0, 0.1) is 22.7 Å². The van der Waals surface area contributed by atoms with E-state index in [2.05, 4.69) is 22.8 Å². The van der Waals surface area contributed by atoms with Crippen LogP contribution < -0.4 is 0 Å². The van der Waals surface area contributed by atoms with Crippen LogP contribution in [-0.2, 0) is 7.05 Å². The Morgan fingerprint density at radius 2 is 1.68 bits per heavy atom. The highest BCUT2D eigenvalue weighted by Gasteiger charge is 2.09. The molecular formula is C17H11N3S2. The van der Waals surface area contributed by atoms with Gasteiger partial charge in [-0.05, 0) is 42.5 Å². The van der Waals surface area contributed by atoms with Crippen LogP contribution in [0.2, 0.25) is 0 Å². The summed E-state index contributed by atoms with van der Waals surface area (Å²) in [6, 6.07) is 16.1. The second-order valence-electron chi connectivity index (χ2n) is 4.65. The third kappa shape index (κ3) is 2.73. The molecule has 0 unspecified atom stereocenters. The summed E-state index contributed by atoms with van der Waals surface area (Å²) in [5.41, 5.74) is 1.33. The standard InChI is InChI=1S/C17H11N3S2/c1-20-8-2-3-14(20)15-6-7-17(22-15)16-5-4-13(21-16)9-12(10-18)11-19/h2-9H,1H3. The summed E-state index contributed by atoms with van der Waals surface area (Å²) in [5.74, 6) is 0. The summed E-state index contributed by atoms with van der Waals surface area (Å²) in [7, 11) is 2.04. The second-order valence-corrected chi connectivity index (χ2v) is 6.85. The zero-order valence-corrected chi connectivity index (χ0v) is 13.4. The van der Waals surface area contributed by atoms with Crippen LogP contribution in [-0.4, -0.2) is 4.57 Å². The first-order valence-electron chi connectivity index (χ1n) is 6.55. The molecule has 3 aromatic heterocycles. The molecule has 0 aliphatic carbocycles. The molecule has 0 bridgehead atoms. The van der Waals surface area contributed by atoms with Gasteiger partial charge in [-0.25, -0.2) is 0 Å². The molecule has 0 aliphatic heterocycles. The SMILES string of the molecule is Cn1cccc1-c1ccc(-c2ccc(C=C(C#N)C#N)s2)s1. The molecule has 5 heteroatoms. The average molecular weight is 321 g/mol. The molecule has 0 saturated heterocycles. The maximum absolute atomic E-state index is 8.81. The van der Waals surface area contributed by atoms with Crippen molar-refractivity contribution >= 4 is 28.7 Å². The number of rotatable bonds is 3. The predicted octanol–water partition coefficient (Wildman–Crippen LogP) is 4.91. The lowest BCUT2D eigenvalue weighted by Gasteiger charge is -1.98. The average Bonchev–Trinajstić information content (AvgIpc) is 3.24. The van der Waals surface area contributed by atoms with Gasteiger partial charge in [0, 0.05) is 27.9 Å². The lowest BCUT2D eigenvalue weighted by Crippen LogP contribution is -1.85. The summed E-state index contributed by atoms with van der Waals surface area (Å²) in [5, 5.41) is 17.6. The number of aryl methyl sites for hydroxylation is 1. The van der Waals surface area contributed by atoms with Crippen LogP contribution in [0.3, 0.4) is 0 Å². The number of allylic oxidation sites excluding steroid dienone is 1. The van der Waals surface area contributed by atoms with Gasteiger partial charge in [-0.15, -0.1) is 22.7 Å². The van der Waals surface area contributed by atoms with Crippen LogP contribution in [0.25, 0.3) is 26.4 Å². The van der Waals surface area contributed by atoms with Gasteiger partial charge in [0.15, 0.2) is 0 Å². The van der Waals surface area contributed by atoms with Crippen molar-refractivity contribution < 1.29 is 0 Å². The molecule has 3 aromatic rings. The van der Waals surface area contributed by atoms with Gasteiger partial charge in [0.1, 0.15) is 17.7 Å². The molecule has 0 amide bonds. The van der Waals surface area contributed by atoms with Crippen LogP contribution in [0.1, 0.15) is 4.88 Å². The van der Waals surface area contributed by atoms with Gasteiger partial charge in [-0.2, -0.15) is 10.5 Å². The minimum Gasteiger partial charge on any atom is -0.350 e. The Bertz CT molecular complexity index is 910. The van der Waals surface area contributed by atoms with E-state index in [1.165, 1.54) is 15.4 Å². The molecule has 0 radical (unpaired) electrons. The van der Waals surface area contributed by atoms with Gasteiger partial charge in [0.2, 0.25) is 0 Å². The fourth-order valence-corrected chi connectivity index (χ4v) is 4.24. The number of hydrogen-bond acceptors (Lipinski definition) is 4. The Hall–Kier alpha value is -2.60. The van der Waals surface area contributed by atoms with E-state index in [0.29, 0.717) is 0 Å². The molecule has 22 heavy (non-hydrogen) atoms. The maximum atomic E-state index is 8.81. The van der Waals surface area contributed by atoms with Crippen molar-refractivity contribution in [3.63, 3.8) is 0 Å². The number of nitrogens with zero attached hydrogens (tertiary/aromatic N) is 3. The summed E-state index contributed by atoms with van der Waals surface area (Å²) < 4.78 is 2.10. The Kier molecular flexibility index (Phi) is 3.93. The molecule has 106 valence electrons. The Balaban J connectivity index is 1.91. The summed E-state index contributed by atoms with van der Waals surface area (Å²) in [4.78, 5) is 4.48. The molecule has 3 rings (SSSR count). The van der Waals surface area contributed by atoms with Crippen molar-refractivity contribution in [3.05, 3.63) is 53.0 Å². The monoisotopic (exact) mass is 321 g/mol. The lowest BCUT2D eigenvalue weighted by molar-refractivity contribution is 0.940. The highest BCUT2D eigenvalue weighted by molar-refractivity contribution is 7.24. The molecule has 0 aromatic carbocycles. The lowest BCUT2D eigenvalue weighted by atomic mass is 10.3. The topological polar surface area (TPSA) is 52.5 Å². The highest BCUT2D eigenvalue weighted by atomic mass is 32.1. The van der Waals surface area contributed by atoms with Gasteiger partial charge >= 0.3 is 0 Å². The largest absolute Gasteiger partial charge is 0.350 e. The fraction of sp³-hybridized carbons (Fsp3) is 0.0588. The Labute approximate surface area is 136 Å². The van der Waals surface area contributed by atoms with Gasteiger partial charge < -0.3 is 4.57 Å². The first kappa shape index (κ1) is 14.3. The molecule has 3 nitrogen and oxygen atoms in total. The summed E-state index contributed by atoms with van der Waals surface area (Å²) in [6.07, 6.45) is 3.66. The van der Waals surface area contributed by atoms with Crippen molar-refractivity contribution in [1.82, 2.24) is 4.57 Å². The predicted molar refractivity (Wildman–Crippen MR) is 91.2 cm³/mol. The van der Waals surface area contributed by atoms with Gasteiger partial charge in [0.05, 0.1) is 10.6 Å². The van der Waals surface area contributed by atoms with Crippen molar-refractivity contribution in [2.45, 2.75) is 0 Å². The molecule has 0 saturated carbocycles. The highest BCUT2D eigenvalue weighted by Crippen LogP contribution is 2.38. The normalized spacial score (nSPS) is 9.95. The fourth-order valence-electron chi connectivity index (χ4n) is 2.12. The quantitative estimate of drug-likeness (QED) is 0.643. The minimum absolute atomic E-state index is 0.129.